The Labute approximate surface area is 267 Å². The first-order valence-electron chi connectivity index (χ1n) is 15.2. The van der Waals surface area contributed by atoms with Gasteiger partial charge in [0.15, 0.2) is 0 Å². The maximum absolute atomic E-state index is 13.9. The van der Waals surface area contributed by atoms with Gasteiger partial charge in [-0.05, 0) is 73.9 Å². The second-order valence-electron chi connectivity index (χ2n) is 11.1. The van der Waals surface area contributed by atoms with E-state index in [1.54, 1.807) is 24.3 Å². The average molecular weight is 626 g/mol. The second-order valence-corrected chi connectivity index (χ2v) is 11.5. The third kappa shape index (κ3) is 8.67. The average Bonchev–Trinajstić information content (AvgIpc) is 3.55. The normalized spacial score (nSPS) is 14.2. The van der Waals surface area contributed by atoms with Crippen LogP contribution < -0.4 is 10.2 Å². The molecule has 1 aromatic heterocycles. The lowest BCUT2D eigenvalue weighted by atomic mass is 10.0. The number of rotatable bonds is 13. The van der Waals surface area contributed by atoms with Crippen molar-refractivity contribution in [2.24, 2.45) is 0 Å². The molecule has 2 amide bonds. The lowest BCUT2D eigenvalue weighted by Crippen LogP contribution is -2.41. The van der Waals surface area contributed by atoms with E-state index in [9.17, 15) is 19.5 Å². The molecular formula is C35H36ClN5O4. The summed E-state index contributed by atoms with van der Waals surface area (Å²) in [5.41, 5.74) is 3.65. The van der Waals surface area contributed by atoms with Gasteiger partial charge in [-0.25, -0.2) is 9.97 Å². The van der Waals surface area contributed by atoms with Gasteiger partial charge in [0.25, 0.3) is 5.91 Å². The van der Waals surface area contributed by atoms with E-state index in [2.05, 4.69) is 10.3 Å². The molecular weight excluding hydrogens is 590 g/mol. The molecule has 1 fully saturated rings. The van der Waals surface area contributed by atoms with Crippen LogP contribution in [0, 0.1) is 0 Å². The fourth-order valence-electron chi connectivity index (χ4n) is 5.56. The SMILES string of the molecule is O=C(O)CN(CCCc1ccccc1)C(=O)c1cnc(N2CCCC2C(=O)Nc2ccc(Cl)cc2)nc1CCc1ccccc1. The molecule has 0 spiro atoms. The van der Waals surface area contributed by atoms with Crippen LogP contribution in [0.3, 0.4) is 0 Å². The van der Waals surface area contributed by atoms with Crippen LogP contribution in [0.4, 0.5) is 11.6 Å². The largest absolute Gasteiger partial charge is 0.480 e. The number of hydrogen-bond acceptors (Lipinski definition) is 6. The third-order valence-corrected chi connectivity index (χ3v) is 8.10. The molecule has 10 heteroatoms. The summed E-state index contributed by atoms with van der Waals surface area (Å²) in [7, 11) is 0. The fraction of sp³-hybridized carbons (Fsp3) is 0.286. The Morgan fingerprint density at radius 2 is 1.58 bits per heavy atom. The first kappa shape index (κ1) is 31.7. The zero-order valence-electron chi connectivity index (χ0n) is 24.9. The Morgan fingerprint density at radius 1 is 0.911 bits per heavy atom. The molecule has 9 nitrogen and oxygen atoms in total. The molecule has 0 saturated carbocycles. The Bertz CT molecular complexity index is 1600. The van der Waals surface area contributed by atoms with Crippen molar-refractivity contribution in [3.05, 3.63) is 119 Å². The van der Waals surface area contributed by atoms with E-state index in [0.717, 1.165) is 24.0 Å². The van der Waals surface area contributed by atoms with E-state index < -0.39 is 24.5 Å². The number of amides is 2. The van der Waals surface area contributed by atoms with Gasteiger partial charge < -0.3 is 20.2 Å². The first-order chi connectivity index (χ1) is 21.9. The van der Waals surface area contributed by atoms with Crippen LogP contribution in [0.25, 0.3) is 0 Å². The third-order valence-electron chi connectivity index (χ3n) is 7.85. The van der Waals surface area contributed by atoms with Gasteiger partial charge in [0.2, 0.25) is 11.9 Å². The van der Waals surface area contributed by atoms with Crippen molar-refractivity contribution < 1.29 is 19.5 Å². The van der Waals surface area contributed by atoms with Gasteiger partial charge in [0, 0.05) is 30.0 Å². The van der Waals surface area contributed by atoms with Crippen molar-refractivity contribution >= 4 is 41.0 Å². The summed E-state index contributed by atoms with van der Waals surface area (Å²) >= 11 is 5.99. The molecule has 1 aliphatic rings. The number of carboxylic acid groups (broad SMARTS) is 1. The summed E-state index contributed by atoms with van der Waals surface area (Å²) in [6.45, 7) is 0.445. The van der Waals surface area contributed by atoms with E-state index in [0.29, 0.717) is 54.6 Å². The maximum Gasteiger partial charge on any atom is 0.323 e. The highest BCUT2D eigenvalue weighted by molar-refractivity contribution is 6.30. The van der Waals surface area contributed by atoms with Crippen LogP contribution in [0.5, 0.6) is 0 Å². The van der Waals surface area contributed by atoms with Crippen molar-refractivity contribution in [3.63, 3.8) is 0 Å². The number of aryl methyl sites for hydroxylation is 3. The standard InChI is InChI=1S/C35H36ClN5O4/c36-27-16-18-28(19-17-27)38-33(44)31-14-8-22-41(31)35-37-23-29(30(39-35)20-15-26-11-5-2-6-12-26)34(45)40(24-32(42)43)21-7-13-25-9-3-1-4-10-25/h1-6,9-12,16-19,23,31H,7-8,13-15,20-22,24H2,(H,38,44)(H,42,43). The van der Waals surface area contributed by atoms with Gasteiger partial charge in [0.05, 0.1) is 11.3 Å². The number of carbonyl (C=O) groups excluding carboxylic acids is 2. The summed E-state index contributed by atoms with van der Waals surface area (Å²) in [6.07, 6.45) is 5.32. The topological polar surface area (TPSA) is 116 Å². The van der Waals surface area contributed by atoms with Gasteiger partial charge in [-0.1, -0.05) is 72.3 Å². The van der Waals surface area contributed by atoms with Gasteiger partial charge in [0.1, 0.15) is 12.6 Å². The molecule has 1 atom stereocenters. The quantitative estimate of drug-likeness (QED) is 0.196. The Balaban J connectivity index is 1.38. The molecule has 2 N–H and O–H groups in total. The molecule has 1 aliphatic heterocycles. The van der Waals surface area contributed by atoms with E-state index in [-0.39, 0.29) is 18.0 Å². The monoisotopic (exact) mass is 625 g/mol. The van der Waals surface area contributed by atoms with Gasteiger partial charge in [-0.3, -0.25) is 14.4 Å². The van der Waals surface area contributed by atoms with Gasteiger partial charge in [-0.15, -0.1) is 0 Å². The number of halogens is 1. The minimum Gasteiger partial charge on any atom is -0.480 e. The number of nitrogens with one attached hydrogen (secondary N) is 1. The van der Waals surface area contributed by atoms with Crippen molar-refractivity contribution in [3.8, 4) is 0 Å². The van der Waals surface area contributed by atoms with Gasteiger partial charge >= 0.3 is 5.97 Å². The smallest absolute Gasteiger partial charge is 0.323 e. The first-order valence-corrected chi connectivity index (χ1v) is 15.5. The minimum atomic E-state index is -1.09. The van der Waals surface area contributed by atoms with Crippen LogP contribution in [0.15, 0.2) is 91.1 Å². The van der Waals surface area contributed by atoms with E-state index in [1.165, 1.54) is 11.1 Å². The fourth-order valence-corrected chi connectivity index (χ4v) is 5.69. The summed E-state index contributed by atoms with van der Waals surface area (Å²) < 4.78 is 0. The Hall–Kier alpha value is -4.76. The van der Waals surface area contributed by atoms with Gasteiger partial charge in [-0.2, -0.15) is 0 Å². The summed E-state index contributed by atoms with van der Waals surface area (Å²) in [4.78, 5) is 51.6. The lowest BCUT2D eigenvalue weighted by Gasteiger charge is -2.26. The van der Waals surface area contributed by atoms with E-state index >= 15 is 0 Å². The van der Waals surface area contributed by atoms with Crippen molar-refractivity contribution in [1.82, 2.24) is 14.9 Å². The molecule has 3 aromatic carbocycles. The maximum atomic E-state index is 13.9. The van der Waals surface area contributed by atoms with Crippen LogP contribution in [-0.2, 0) is 28.9 Å². The van der Waals surface area contributed by atoms with Crippen LogP contribution in [-0.4, -0.2) is 63.4 Å². The number of aromatic nitrogens is 2. The molecule has 5 rings (SSSR count). The number of hydrogen-bond donors (Lipinski definition) is 2. The molecule has 0 aliphatic carbocycles. The van der Waals surface area contributed by atoms with Crippen LogP contribution in [0.2, 0.25) is 5.02 Å². The zero-order chi connectivity index (χ0) is 31.6. The van der Waals surface area contributed by atoms with Crippen LogP contribution >= 0.6 is 11.6 Å². The summed E-state index contributed by atoms with van der Waals surface area (Å²) in [5, 5.41) is 13.2. The summed E-state index contributed by atoms with van der Waals surface area (Å²) in [6, 6.07) is 26.2. The number of aliphatic carboxylic acids is 1. The molecule has 0 radical (unpaired) electrons. The van der Waals surface area contributed by atoms with Crippen molar-refractivity contribution in [1.29, 1.82) is 0 Å². The molecule has 1 unspecified atom stereocenters. The lowest BCUT2D eigenvalue weighted by molar-refractivity contribution is -0.137. The highest BCUT2D eigenvalue weighted by Crippen LogP contribution is 2.26. The van der Waals surface area contributed by atoms with E-state index in [4.69, 9.17) is 16.6 Å². The Morgan fingerprint density at radius 3 is 2.24 bits per heavy atom. The number of carbonyl (C=O) groups is 3. The van der Waals surface area contributed by atoms with Crippen LogP contribution in [0.1, 0.15) is 46.4 Å². The predicted molar refractivity (Wildman–Crippen MR) is 175 cm³/mol. The summed E-state index contributed by atoms with van der Waals surface area (Å²) in [5.74, 6) is -1.30. The molecule has 0 bridgehead atoms. The second kappa shape index (κ2) is 15.3. The number of anilines is 2. The van der Waals surface area contributed by atoms with Crippen molar-refractivity contribution in [2.45, 2.75) is 44.6 Å². The zero-order valence-corrected chi connectivity index (χ0v) is 25.7. The molecule has 1 saturated heterocycles. The van der Waals surface area contributed by atoms with E-state index in [1.807, 2.05) is 65.6 Å². The highest BCUT2D eigenvalue weighted by atomic mass is 35.5. The molecule has 2 heterocycles. The number of benzene rings is 3. The molecule has 45 heavy (non-hydrogen) atoms. The molecule has 4 aromatic rings. The number of nitrogens with zero attached hydrogens (tertiary/aromatic N) is 4. The predicted octanol–water partition coefficient (Wildman–Crippen LogP) is 5.68. The highest BCUT2D eigenvalue weighted by Gasteiger charge is 2.33. The van der Waals surface area contributed by atoms with Crippen molar-refractivity contribution in [2.75, 3.05) is 29.9 Å². The molecule has 232 valence electrons. The number of carboxylic acids is 1. The Kier molecular flexibility index (Phi) is 10.8. The minimum absolute atomic E-state index is 0.171.